The van der Waals surface area contributed by atoms with E-state index in [0.717, 1.165) is 0 Å². The zero-order valence-electron chi connectivity index (χ0n) is 7.52. The third-order valence-electron chi connectivity index (χ3n) is 1.07. The normalized spacial score (nSPS) is 10.6. The van der Waals surface area contributed by atoms with Gasteiger partial charge in [0.25, 0.3) is 0 Å². The summed E-state index contributed by atoms with van der Waals surface area (Å²) in [7, 11) is -3.50. The molecule has 3 nitrogen and oxygen atoms in total. The highest BCUT2D eigenvalue weighted by Crippen LogP contribution is 2.03. The van der Waals surface area contributed by atoms with E-state index < -0.39 is 10.0 Å². The molecule has 0 aliphatic rings. The maximum atomic E-state index is 10.6. The molecule has 1 aromatic carbocycles. The largest absolute Gasteiger partial charge is 0.238 e. The lowest BCUT2D eigenvalue weighted by molar-refractivity contribution is 0.598. The number of primary sulfonamides is 1. The Morgan fingerprint density at radius 3 is 1.79 bits per heavy atom. The zero-order valence-corrected chi connectivity index (χ0v) is 9.85. The van der Waals surface area contributed by atoms with Crippen molar-refractivity contribution < 1.29 is 8.42 Å². The summed E-state index contributed by atoms with van der Waals surface area (Å²) in [6.07, 6.45) is 0. The van der Waals surface area contributed by atoms with Crippen LogP contribution in [0.5, 0.6) is 0 Å². The molecule has 14 heavy (non-hydrogen) atoms. The zero-order chi connectivity index (χ0) is 11.2. The number of benzene rings is 1. The molecule has 80 valence electrons. The van der Waals surface area contributed by atoms with Crippen molar-refractivity contribution in [2.24, 2.45) is 5.14 Å². The molecule has 0 fully saturated rings. The summed E-state index contributed by atoms with van der Waals surface area (Å²) in [5.41, 5.74) is 0. The maximum absolute atomic E-state index is 10.6. The van der Waals surface area contributed by atoms with Gasteiger partial charge in [0.05, 0.1) is 4.90 Å². The van der Waals surface area contributed by atoms with Gasteiger partial charge in [-0.1, -0.05) is 18.2 Å². The molecule has 0 radical (unpaired) electrons. The summed E-state index contributed by atoms with van der Waals surface area (Å²) < 4.78 is 21.2. The third kappa shape index (κ3) is 7.15. The molecule has 0 heterocycles. The van der Waals surface area contributed by atoms with E-state index >= 15 is 0 Å². The van der Waals surface area contributed by atoms with Crippen LogP contribution in [0, 0.1) is 0 Å². The Hall–Kier alpha value is -0.290. The Balaban J connectivity index is 0.000000364. The second-order valence-electron chi connectivity index (χ2n) is 2.38. The van der Waals surface area contributed by atoms with Gasteiger partial charge in [0.2, 0.25) is 10.0 Å². The van der Waals surface area contributed by atoms with E-state index in [2.05, 4.69) is 0 Å². The molecule has 1 rings (SSSR count). The number of halogens is 2. The van der Waals surface area contributed by atoms with E-state index in [1.807, 2.05) is 0 Å². The Kier molecular flexibility index (Phi) is 6.11. The molecule has 0 bridgehead atoms. The third-order valence-corrected chi connectivity index (χ3v) is 2.00. The van der Waals surface area contributed by atoms with Crippen LogP contribution in [0.25, 0.3) is 0 Å². The first-order valence-corrected chi connectivity index (χ1v) is 6.12. The monoisotopic (exact) mass is 255 g/mol. The van der Waals surface area contributed by atoms with Gasteiger partial charge in [-0.2, -0.15) is 0 Å². The van der Waals surface area contributed by atoms with Crippen molar-refractivity contribution in [2.75, 3.05) is 0 Å². The van der Waals surface area contributed by atoms with Crippen LogP contribution in [-0.2, 0) is 10.0 Å². The average molecular weight is 256 g/mol. The second-order valence-corrected chi connectivity index (χ2v) is 5.47. The maximum Gasteiger partial charge on any atom is 0.238 e. The summed E-state index contributed by atoms with van der Waals surface area (Å²) in [6, 6.07) is 7.89. The topological polar surface area (TPSA) is 60.2 Å². The molecule has 0 saturated heterocycles. The fraction of sp³-hybridized carbons (Fsp3) is 0.250. The molecule has 0 aliphatic heterocycles. The highest BCUT2D eigenvalue weighted by Gasteiger charge is 2.03. The van der Waals surface area contributed by atoms with Gasteiger partial charge in [-0.3, -0.25) is 0 Å². The van der Waals surface area contributed by atoms with Crippen LogP contribution >= 0.6 is 23.2 Å². The Morgan fingerprint density at radius 1 is 1.21 bits per heavy atom. The van der Waals surface area contributed by atoms with E-state index in [-0.39, 0.29) is 9.73 Å². The van der Waals surface area contributed by atoms with Crippen LogP contribution in [0.4, 0.5) is 0 Å². The first-order chi connectivity index (χ1) is 6.34. The van der Waals surface area contributed by atoms with Crippen LogP contribution in [0.1, 0.15) is 6.92 Å². The molecule has 0 atom stereocenters. The summed E-state index contributed by atoms with van der Waals surface area (Å²) in [6.45, 7) is 1.70. The SMILES string of the molecule is CC(Cl)Cl.NS(=O)(=O)c1ccccc1. The molecule has 0 saturated carbocycles. The molecule has 0 amide bonds. The van der Waals surface area contributed by atoms with Crippen molar-refractivity contribution in [2.45, 2.75) is 16.7 Å². The predicted molar refractivity (Wildman–Crippen MR) is 59.0 cm³/mol. The van der Waals surface area contributed by atoms with Crippen molar-refractivity contribution in [3.63, 3.8) is 0 Å². The lowest BCUT2D eigenvalue weighted by atomic mass is 10.4. The molecule has 0 aliphatic carbocycles. The minimum absolute atomic E-state index is 0.148. The lowest BCUT2D eigenvalue weighted by Crippen LogP contribution is -2.11. The summed E-state index contributed by atoms with van der Waals surface area (Å²) >= 11 is 10.1. The van der Waals surface area contributed by atoms with E-state index in [4.69, 9.17) is 28.3 Å². The van der Waals surface area contributed by atoms with Gasteiger partial charge in [0.15, 0.2) is 0 Å². The van der Waals surface area contributed by atoms with Gasteiger partial charge in [0.1, 0.15) is 4.84 Å². The van der Waals surface area contributed by atoms with E-state index in [0.29, 0.717) is 0 Å². The molecule has 0 unspecified atom stereocenters. The number of hydrogen-bond acceptors (Lipinski definition) is 2. The van der Waals surface area contributed by atoms with Crippen LogP contribution < -0.4 is 5.14 Å². The Morgan fingerprint density at radius 2 is 1.57 bits per heavy atom. The van der Waals surface area contributed by atoms with Gasteiger partial charge in [0, 0.05) is 0 Å². The minimum Gasteiger partial charge on any atom is -0.225 e. The quantitative estimate of drug-likeness (QED) is 0.782. The molecule has 2 N–H and O–H groups in total. The Labute approximate surface area is 93.9 Å². The van der Waals surface area contributed by atoms with Crippen molar-refractivity contribution in [1.29, 1.82) is 0 Å². The standard InChI is InChI=1S/C6H7NO2S.C2H4Cl2/c7-10(8,9)6-4-2-1-3-5-6;1-2(3)4/h1-5H,(H2,7,8,9);2H,1H3. The van der Waals surface area contributed by atoms with E-state index in [9.17, 15) is 8.42 Å². The van der Waals surface area contributed by atoms with Crippen LogP contribution in [-0.4, -0.2) is 13.3 Å². The number of rotatable bonds is 1. The first-order valence-electron chi connectivity index (χ1n) is 3.70. The number of nitrogens with two attached hydrogens (primary N) is 1. The lowest BCUT2D eigenvalue weighted by Gasteiger charge is -1.93. The molecular formula is C8H11Cl2NO2S. The summed E-state index contributed by atoms with van der Waals surface area (Å²) in [4.78, 5) is -0.0741. The van der Waals surface area contributed by atoms with E-state index in [1.165, 1.54) is 12.1 Å². The van der Waals surface area contributed by atoms with Gasteiger partial charge >= 0.3 is 0 Å². The fourth-order valence-electron chi connectivity index (χ4n) is 0.610. The molecular weight excluding hydrogens is 245 g/mol. The van der Waals surface area contributed by atoms with Gasteiger partial charge < -0.3 is 0 Å². The average Bonchev–Trinajstić information content (AvgIpc) is 2.03. The highest BCUT2D eigenvalue weighted by molar-refractivity contribution is 7.89. The highest BCUT2D eigenvalue weighted by atomic mass is 35.5. The molecule has 0 aromatic heterocycles. The first kappa shape index (κ1) is 13.7. The number of alkyl halides is 2. The van der Waals surface area contributed by atoms with Crippen molar-refractivity contribution in [1.82, 2.24) is 0 Å². The summed E-state index contributed by atoms with van der Waals surface area (Å²) in [5, 5.41) is 4.83. The summed E-state index contributed by atoms with van der Waals surface area (Å²) in [5.74, 6) is 0. The number of sulfonamides is 1. The fourth-order valence-corrected chi connectivity index (χ4v) is 1.15. The Bertz CT molecular complexity index is 348. The molecule has 1 aromatic rings. The second kappa shape index (κ2) is 6.24. The van der Waals surface area contributed by atoms with Crippen molar-refractivity contribution in [3.8, 4) is 0 Å². The van der Waals surface area contributed by atoms with Gasteiger partial charge in [-0.25, -0.2) is 13.6 Å². The van der Waals surface area contributed by atoms with Crippen LogP contribution in [0.3, 0.4) is 0 Å². The van der Waals surface area contributed by atoms with Crippen LogP contribution in [0.2, 0.25) is 0 Å². The van der Waals surface area contributed by atoms with Gasteiger partial charge in [-0.05, 0) is 19.1 Å². The molecule has 6 heteroatoms. The predicted octanol–water partition coefficient (Wildman–Crippen LogP) is 2.14. The van der Waals surface area contributed by atoms with Crippen molar-refractivity contribution >= 4 is 33.2 Å². The van der Waals surface area contributed by atoms with E-state index in [1.54, 1.807) is 25.1 Å². The smallest absolute Gasteiger partial charge is 0.225 e. The number of hydrogen-bond donors (Lipinski definition) is 1. The van der Waals surface area contributed by atoms with Gasteiger partial charge in [-0.15, -0.1) is 23.2 Å². The van der Waals surface area contributed by atoms with Crippen molar-refractivity contribution in [3.05, 3.63) is 30.3 Å². The molecule has 0 spiro atoms. The minimum atomic E-state index is -3.50. The van der Waals surface area contributed by atoms with Crippen LogP contribution in [0.15, 0.2) is 35.2 Å².